The fourth-order valence-corrected chi connectivity index (χ4v) is 5.04. The van der Waals surface area contributed by atoms with E-state index in [0.29, 0.717) is 30.3 Å². The van der Waals surface area contributed by atoms with Crippen molar-refractivity contribution in [1.29, 1.82) is 0 Å². The molecule has 0 bridgehead atoms. The largest absolute Gasteiger partial charge is 0.490 e. The number of sulfonamides is 1. The summed E-state index contributed by atoms with van der Waals surface area (Å²) in [6, 6.07) is 10.2. The third kappa shape index (κ3) is 4.94. The Hall–Kier alpha value is -2.78. The first-order chi connectivity index (χ1) is 15.8. The van der Waals surface area contributed by atoms with Gasteiger partial charge < -0.3 is 19.7 Å². The summed E-state index contributed by atoms with van der Waals surface area (Å²) >= 11 is 0. The SMILES string of the molecule is CC(NC(=O)c1cc(S(=O)(=O)N(C)C)ccc1N1CCCC1)c1ccc2c(c1)OCCCO2. The zero-order chi connectivity index (χ0) is 23.6. The molecule has 33 heavy (non-hydrogen) atoms. The van der Waals surface area contributed by atoms with E-state index in [9.17, 15) is 13.2 Å². The fourth-order valence-electron chi connectivity index (χ4n) is 4.11. The highest BCUT2D eigenvalue weighted by atomic mass is 32.2. The molecule has 2 aliphatic heterocycles. The first kappa shape index (κ1) is 23.4. The van der Waals surface area contributed by atoms with E-state index in [1.54, 1.807) is 12.1 Å². The van der Waals surface area contributed by atoms with Crippen molar-refractivity contribution in [3.63, 3.8) is 0 Å². The van der Waals surface area contributed by atoms with Gasteiger partial charge in [0, 0.05) is 39.3 Å². The third-order valence-electron chi connectivity index (χ3n) is 6.06. The van der Waals surface area contributed by atoms with Crippen molar-refractivity contribution in [2.75, 3.05) is 45.3 Å². The maximum absolute atomic E-state index is 13.4. The minimum Gasteiger partial charge on any atom is -0.490 e. The molecule has 1 atom stereocenters. The number of rotatable bonds is 6. The molecule has 178 valence electrons. The molecule has 2 aromatic rings. The molecule has 0 radical (unpaired) electrons. The van der Waals surface area contributed by atoms with E-state index < -0.39 is 10.0 Å². The van der Waals surface area contributed by atoms with E-state index >= 15 is 0 Å². The van der Waals surface area contributed by atoms with Crippen LogP contribution in [-0.2, 0) is 10.0 Å². The predicted octanol–water partition coefficient (Wildman–Crippen LogP) is 3.19. The van der Waals surface area contributed by atoms with Crippen LogP contribution in [0.1, 0.15) is 48.1 Å². The Morgan fingerprint density at radius 1 is 1.00 bits per heavy atom. The van der Waals surface area contributed by atoms with Crippen LogP contribution in [0.25, 0.3) is 0 Å². The topological polar surface area (TPSA) is 88.2 Å². The highest BCUT2D eigenvalue weighted by Gasteiger charge is 2.25. The van der Waals surface area contributed by atoms with Crippen molar-refractivity contribution >= 4 is 21.6 Å². The van der Waals surface area contributed by atoms with Crippen LogP contribution in [0.15, 0.2) is 41.3 Å². The lowest BCUT2D eigenvalue weighted by atomic mass is 10.1. The molecule has 0 saturated carbocycles. The van der Waals surface area contributed by atoms with Gasteiger partial charge in [0.25, 0.3) is 5.91 Å². The van der Waals surface area contributed by atoms with Gasteiger partial charge in [0.15, 0.2) is 11.5 Å². The first-order valence-corrected chi connectivity index (χ1v) is 12.7. The molecule has 1 N–H and O–H groups in total. The van der Waals surface area contributed by atoms with Crippen molar-refractivity contribution < 1.29 is 22.7 Å². The van der Waals surface area contributed by atoms with Crippen molar-refractivity contribution in [3.05, 3.63) is 47.5 Å². The summed E-state index contributed by atoms with van der Waals surface area (Å²) in [7, 11) is -0.700. The lowest BCUT2D eigenvalue weighted by molar-refractivity contribution is 0.0940. The first-order valence-electron chi connectivity index (χ1n) is 11.3. The second-order valence-electron chi connectivity index (χ2n) is 8.61. The number of nitrogens with zero attached hydrogens (tertiary/aromatic N) is 2. The monoisotopic (exact) mass is 473 g/mol. The number of anilines is 1. The van der Waals surface area contributed by atoms with Crippen molar-refractivity contribution in [1.82, 2.24) is 9.62 Å². The second-order valence-corrected chi connectivity index (χ2v) is 10.8. The van der Waals surface area contributed by atoms with Gasteiger partial charge in [0.05, 0.1) is 29.7 Å². The molecule has 0 aliphatic carbocycles. The molecule has 2 heterocycles. The number of carbonyl (C=O) groups is 1. The van der Waals surface area contributed by atoms with Gasteiger partial charge in [-0.25, -0.2) is 12.7 Å². The Morgan fingerprint density at radius 2 is 1.70 bits per heavy atom. The van der Waals surface area contributed by atoms with Crippen LogP contribution in [0, 0.1) is 0 Å². The Balaban J connectivity index is 1.63. The summed E-state index contributed by atoms with van der Waals surface area (Å²) in [6.45, 7) is 4.79. The maximum atomic E-state index is 13.4. The molecule has 9 heteroatoms. The summed E-state index contributed by atoms with van der Waals surface area (Å²) in [4.78, 5) is 15.6. The highest BCUT2D eigenvalue weighted by Crippen LogP contribution is 2.33. The smallest absolute Gasteiger partial charge is 0.253 e. The molecule has 2 aliphatic rings. The zero-order valence-electron chi connectivity index (χ0n) is 19.3. The van der Waals surface area contributed by atoms with Crippen LogP contribution in [0.2, 0.25) is 0 Å². The standard InChI is InChI=1S/C24H31N3O5S/c1-17(18-7-10-22-23(15-18)32-14-6-13-31-22)25-24(28)20-16-19(33(29,30)26(2)3)8-9-21(20)27-11-4-5-12-27/h7-10,15-17H,4-6,11-14H2,1-3H3,(H,25,28). The van der Waals surface area contributed by atoms with Gasteiger partial charge in [-0.05, 0) is 55.7 Å². The Kier molecular flexibility index (Phi) is 6.81. The molecular weight excluding hydrogens is 442 g/mol. The molecule has 0 aromatic heterocycles. The minimum absolute atomic E-state index is 0.101. The normalized spacial score (nSPS) is 17.0. The number of amides is 1. The molecule has 1 saturated heterocycles. The van der Waals surface area contributed by atoms with Crippen LogP contribution >= 0.6 is 0 Å². The number of nitrogens with one attached hydrogen (secondary N) is 1. The van der Waals surface area contributed by atoms with Gasteiger partial charge in [-0.15, -0.1) is 0 Å². The van der Waals surface area contributed by atoms with E-state index in [1.165, 1.54) is 20.2 Å². The Morgan fingerprint density at radius 3 is 2.39 bits per heavy atom. The van der Waals surface area contributed by atoms with E-state index in [-0.39, 0.29) is 16.8 Å². The number of ether oxygens (including phenoxy) is 2. The van der Waals surface area contributed by atoms with Crippen molar-refractivity contribution in [2.45, 2.75) is 37.1 Å². The van der Waals surface area contributed by atoms with Gasteiger partial charge in [-0.1, -0.05) is 6.07 Å². The van der Waals surface area contributed by atoms with E-state index in [4.69, 9.17) is 9.47 Å². The fraction of sp³-hybridized carbons (Fsp3) is 0.458. The van der Waals surface area contributed by atoms with E-state index in [1.807, 2.05) is 25.1 Å². The number of benzene rings is 2. The van der Waals surface area contributed by atoms with E-state index in [0.717, 1.165) is 47.9 Å². The molecule has 4 rings (SSSR count). The van der Waals surface area contributed by atoms with Crippen LogP contribution in [-0.4, -0.2) is 59.0 Å². The maximum Gasteiger partial charge on any atom is 0.253 e. The number of fused-ring (bicyclic) bond motifs is 1. The molecule has 2 aromatic carbocycles. The summed E-state index contributed by atoms with van der Waals surface area (Å²) in [5.74, 6) is 1.06. The lowest BCUT2D eigenvalue weighted by Gasteiger charge is -2.23. The molecule has 8 nitrogen and oxygen atoms in total. The van der Waals surface area contributed by atoms with Gasteiger partial charge in [-0.2, -0.15) is 0 Å². The number of hydrogen-bond donors (Lipinski definition) is 1. The number of carbonyl (C=O) groups excluding carboxylic acids is 1. The van der Waals surface area contributed by atoms with Crippen LogP contribution in [0.3, 0.4) is 0 Å². The third-order valence-corrected chi connectivity index (χ3v) is 7.87. The van der Waals surface area contributed by atoms with Crippen LogP contribution < -0.4 is 19.7 Å². The average Bonchev–Trinajstić information content (AvgIpc) is 3.23. The summed E-state index contributed by atoms with van der Waals surface area (Å²) in [5.41, 5.74) is 2.00. The van der Waals surface area contributed by atoms with Gasteiger partial charge in [0.1, 0.15) is 0 Å². The molecule has 1 amide bonds. The van der Waals surface area contributed by atoms with Crippen LogP contribution in [0.5, 0.6) is 11.5 Å². The van der Waals surface area contributed by atoms with E-state index in [2.05, 4.69) is 10.2 Å². The molecule has 0 spiro atoms. The summed E-state index contributed by atoms with van der Waals surface area (Å²) in [5, 5.41) is 3.04. The van der Waals surface area contributed by atoms with Gasteiger partial charge >= 0.3 is 0 Å². The predicted molar refractivity (Wildman–Crippen MR) is 127 cm³/mol. The molecule has 1 unspecified atom stereocenters. The van der Waals surface area contributed by atoms with Gasteiger partial charge in [0.2, 0.25) is 10.0 Å². The van der Waals surface area contributed by atoms with Crippen LogP contribution in [0.4, 0.5) is 5.69 Å². The summed E-state index contributed by atoms with van der Waals surface area (Å²) < 4.78 is 38.0. The summed E-state index contributed by atoms with van der Waals surface area (Å²) in [6.07, 6.45) is 2.92. The molecule has 1 fully saturated rings. The molecular formula is C24H31N3O5S. The minimum atomic E-state index is -3.66. The Bertz CT molecular complexity index is 1130. The second kappa shape index (κ2) is 9.61. The Labute approximate surface area is 195 Å². The average molecular weight is 474 g/mol. The lowest BCUT2D eigenvalue weighted by Crippen LogP contribution is -2.30. The van der Waals surface area contributed by atoms with Crippen molar-refractivity contribution in [3.8, 4) is 11.5 Å². The quantitative estimate of drug-likeness (QED) is 0.693. The number of hydrogen-bond acceptors (Lipinski definition) is 6. The van der Waals surface area contributed by atoms with Gasteiger partial charge in [-0.3, -0.25) is 4.79 Å². The van der Waals surface area contributed by atoms with Crippen molar-refractivity contribution in [2.24, 2.45) is 0 Å². The zero-order valence-corrected chi connectivity index (χ0v) is 20.2. The highest BCUT2D eigenvalue weighted by molar-refractivity contribution is 7.89.